The molecule has 0 radical (unpaired) electrons. The predicted octanol–water partition coefficient (Wildman–Crippen LogP) is 7.55. The Morgan fingerprint density at radius 1 is 0.970 bits per heavy atom. The highest BCUT2D eigenvalue weighted by Gasteiger charge is 2.16. The van der Waals surface area contributed by atoms with Gasteiger partial charge in [-0.05, 0) is 63.6 Å². The first-order chi connectivity index (χ1) is 16.0. The highest BCUT2D eigenvalue weighted by Crippen LogP contribution is 2.33. The first kappa shape index (κ1) is 22.5. The van der Waals surface area contributed by atoms with Crippen LogP contribution in [0, 0.1) is 12.8 Å². The minimum absolute atomic E-state index is 0.195. The summed E-state index contributed by atoms with van der Waals surface area (Å²) in [6.07, 6.45) is 7.33. The Balaban J connectivity index is 1.66. The van der Waals surface area contributed by atoms with Crippen molar-refractivity contribution in [3.8, 4) is 11.1 Å². The van der Waals surface area contributed by atoms with Gasteiger partial charge in [-0.3, -0.25) is 9.78 Å². The van der Waals surface area contributed by atoms with Crippen LogP contribution in [0.15, 0.2) is 91.3 Å². The van der Waals surface area contributed by atoms with Crippen LogP contribution in [0.4, 0.5) is 0 Å². The van der Waals surface area contributed by atoms with Gasteiger partial charge in [0.1, 0.15) is 6.10 Å². The predicted molar refractivity (Wildman–Crippen MR) is 136 cm³/mol. The van der Waals surface area contributed by atoms with Crippen molar-refractivity contribution in [1.29, 1.82) is 0 Å². The number of hydrogen-bond acceptors (Lipinski definition) is 3. The van der Waals surface area contributed by atoms with Gasteiger partial charge >= 0.3 is 5.97 Å². The third-order valence-electron chi connectivity index (χ3n) is 5.65. The van der Waals surface area contributed by atoms with E-state index in [0.717, 1.165) is 16.7 Å². The first-order valence-electron chi connectivity index (χ1n) is 11.4. The Morgan fingerprint density at radius 2 is 1.76 bits per heavy atom. The van der Waals surface area contributed by atoms with Crippen molar-refractivity contribution >= 4 is 22.8 Å². The molecule has 1 aromatic heterocycles. The van der Waals surface area contributed by atoms with E-state index in [2.05, 4.69) is 72.6 Å². The highest BCUT2D eigenvalue weighted by molar-refractivity contribution is 5.98. The summed E-state index contributed by atoms with van der Waals surface area (Å²) in [5.74, 6) is 0.0528. The van der Waals surface area contributed by atoms with E-state index in [-0.39, 0.29) is 11.9 Å². The smallest absolute Gasteiger partial charge is 0.306 e. The third kappa shape index (κ3) is 5.56. The van der Waals surface area contributed by atoms with Crippen LogP contribution in [0.1, 0.15) is 43.1 Å². The van der Waals surface area contributed by atoms with Crippen LogP contribution in [0.5, 0.6) is 0 Å². The number of benzene rings is 3. The topological polar surface area (TPSA) is 39.2 Å². The van der Waals surface area contributed by atoms with Gasteiger partial charge in [0, 0.05) is 18.8 Å². The zero-order valence-corrected chi connectivity index (χ0v) is 19.4. The second-order valence-corrected chi connectivity index (χ2v) is 8.75. The summed E-state index contributed by atoms with van der Waals surface area (Å²) < 4.78 is 5.86. The van der Waals surface area contributed by atoms with Crippen molar-refractivity contribution in [2.24, 2.45) is 5.92 Å². The van der Waals surface area contributed by atoms with E-state index >= 15 is 0 Å². The normalized spacial score (nSPS) is 12.4. The third-order valence-corrected chi connectivity index (χ3v) is 5.65. The summed E-state index contributed by atoms with van der Waals surface area (Å²) >= 11 is 0. The second kappa shape index (κ2) is 10.3. The van der Waals surface area contributed by atoms with E-state index in [1.54, 1.807) is 12.4 Å². The van der Waals surface area contributed by atoms with Gasteiger partial charge in [0.15, 0.2) is 0 Å². The van der Waals surface area contributed by atoms with Crippen LogP contribution in [0.25, 0.3) is 28.0 Å². The molecule has 0 saturated carbocycles. The Morgan fingerprint density at radius 3 is 2.48 bits per heavy atom. The zero-order chi connectivity index (χ0) is 23.2. The first-order valence-corrected chi connectivity index (χ1v) is 11.4. The highest BCUT2D eigenvalue weighted by atomic mass is 16.5. The summed E-state index contributed by atoms with van der Waals surface area (Å²) in [5, 5.41) is 2.46. The average molecular weight is 436 g/mol. The van der Waals surface area contributed by atoms with Gasteiger partial charge in [-0.2, -0.15) is 0 Å². The number of nitrogens with zero attached hydrogens (tertiary/aromatic N) is 1. The molecular formula is C30H29NO2. The molecule has 0 aliphatic carbocycles. The largest absolute Gasteiger partial charge is 0.453 e. The number of carbonyl (C=O) groups excluding carboxylic acids is 1. The molecule has 1 heterocycles. The van der Waals surface area contributed by atoms with Crippen LogP contribution in [0.2, 0.25) is 0 Å². The molecule has 0 aliphatic heterocycles. The standard InChI is InChI=1S/C30H29NO2/c1-21(2)19-29(32)33-28(17-11-23-7-6-18-31-20-23)25-13-15-26(16-14-25)30-22(3)10-12-24-8-4-5-9-27(24)30/h4-18,20-21,28H,19H2,1-3H3/b17-11+. The summed E-state index contributed by atoms with van der Waals surface area (Å²) in [6.45, 7) is 6.18. The van der Waals surface area contributed by atoms with Crippen molar-refractivity contribution in [3.63, 3.8) is 0 Å². The van der Waals surface area contributed by atoms with Gasteiger partial charge in [0.25, 0.3) is 0 Å². The molecule has 3 aromatic carbocycles. The van der Waals surface area contributed by atoms with Crippen LogP contribution in [-0.4, -0.2) is 11.0 Å². The van der Waals surface area contributed by atoms with Gasteiger partial charge in [-0.15, -0.1) is 0 Å². The molecule has 3 heteroatoms. The molecule has 33 heavy (non-hydrogen) atoms. The lowest BCUT2D eigenvalue weighted by Gasteiger charge is -2.17. The maximum absolute atomic E-state index is 12.5. The Hall–Kier alpha value is -3.72. The summed E-state index contributed by atoms with van der Waals surface area (Å²) in [5.41, 5.74) is 5.52. The number of fused-ring (bicyclic) bond motifs is 1. The van der Waals surface area contributed by atoms with Crippen LogP contribution < -0.4 is 0 Å². The molecule has 4 aromatic rings. The average Bonchev–Trinajstić information content (AvgIpc) is 2.82. The molecule has 0 spiro atoms. The number of carbonyl (C=O) groups is 1. The molecule has 0 saturated heterocycles. The number of ether oxygens (including phenoxy) is 1. The molecule has 3 nitrogen and oxygen atoms in total. The monoisotopic (exact) mass is 435 g/mol. The van der Waals surface area contributed by atoms with Crippen LogP contribution in [0.3, 0.4) is 0 Å². The van der Waals surface area contributed by atoms with E-state index in [0.29, 0.717) is 6.42 Å². The molecule has 1 atom stereocenters. The molecule has 0 amide bonds. The van der Waals surface area contributed by atoms with Gasteiger partial charge < -0.3 is 4.74 Å². The van der Waals surface area contributed by atoms with E-state index in [9.17, 15) is 4.79 Å². The molecule has 0 bridgehead atoms. The van der Waals surface area contributed by atoms with Crippen LogP contribution in [-0.2, 0) is 9.53 Å². The summed E-state index contributed by atoms with van der Waals surface area (Å²) in [4.78, 5) is 16.6. The van der Waals surface area contributed by atoms with Gasteiger partial charge in [-0.25, -0.2) is 0 Å². The van der Waals surface area contributed by atoms with E-state index < -0.39 is 6.10 Å². The van der Waals surface area contributed by atoms with Gasteiger partial charge in [0.2, 0.25) is 0 Å². The minimum atomic E-state index is -0.459. The SMILES string of the molecule is Cc1ccc2ccccc2c1-c1ccc(C(/C=C/c2cccnc2)OC(=O)CC(C)C)cc1. The van der Waals surface area contributed by atoms with Crippen molar-refractivity contribution in [2.45, 2.75) is 33.3 Å². The Bertz CT molecular complexity index is 1260. The number of rotatable bonds is 7. The Kier molecular flexibility index (Phi) is 6.99. The maximum Gasteiger partial charge on any atom is 0.306 e. The lowest BCUT2D eigenvalue weighted by Crippen LogP contribution is -2.12. The lowest BCUT2D eigenvalue weighted by molar-refractivity contribution is -0.148. The van der Waals surface area contributed by atoms with Crippen molar-refractivity contribution in [3.05, 3.63) is 108 Å². The summed E-state index contributed by atoms with van der Waals surface area (Å²) in [7, 11) is 0. The molecule has 4 rings (SSSR count). The number of esters is 1. The van der Waals surface area contributed by atoms with Crippen molar-refractivity contribution in [2.75, 3.05) is 0 Å². The van der Waals surface area contributed by atoms with Crippen molar-refractivity contribution in [1.82, 2.24) is 4.98 Å². The maximum atomic E-state index is 12.5. The fraction of sp³-hybridized carbons (Fsp3) is 0.200. The fourth-order valence-corrected chi connectivity index (χ4v) is 4.02. The minimum Gasteiger partial charge on any atom is -0.453 e. The molecule has 0 aliphatic rings. The molecule has 1 unspecified atom stereocenters. The summed E-state index contributed by atoms with van der Waals surface area (Å²) in [6, 6.07) is 25.0. The van der Waals surface area contributed by atoms with E-state index in [1.165, 1.54) is 21.9 Å². The van der Waals surface area contributed by atoms with E-state index in [1.807, 2.05) is 38.1 Å². The second-order valence-electron chi connectivity index (χ2n) is 8.75. The molecule has 0 N–H and O–H groups in total. The zero-order valence-electron chi connectivity index (χ0n) is 19.4. The molecule has 166 valence electrons. The number of hydrogen-bond donors (Lipinski definition) is 0. The van der Waals surface area contributed by atoms with E-state index in [4.69, 9.17) is 4.74 Å². The number of aromatic nitrogens is 1. The lowest BCUT2D eigenvalue weighted by atomic mass is 9.93. The van der Waals surface area contributed by atoms with Crippen molar-refractivity contribution < 1.29 is 9.53 Å². The van der Waals surface area contributed by atoms with Crippen LogP contribution >= 0.6 is 0 Å². The molecule has 0 fully saturated rings. The fourth-order valence-electron chi connectivity index (χ4n) is 4.02. The quantitative estimate of drug-likeness (QED) is 0.281. The number of pyridine rings is 1. The van der Waals surface area contributed by atoms with Gasteiger partial charge in [-0.1, -0.05) is 86.7 Å². The molecular weight excluding hydrogens is 406 g/mol. The Labute approximate surface area is 195 Å². The number of aryl methyl sites for hydroxylation is 1. The van der Waals surface area contributed by atoms with Gasteiger partial charge in [0.05, 0.1) is 0 Å².